The number of para-hydroxylation sites is 1. The first kappa shape index (κ1) is 17.8. The zero-order chi connectivity index (χ0) is 17.6. The number of amides is 1. The summed E-state index contributed by atoms with van der Waals surface area (Å²) in [6, 6.07) is 14.1. The molecule has 0 saturated carbocycles. The van der Waals surface area contributed by atoms with Gasteiger partial charge in [-0.05, 0) is 37.1 Å². The fraction of sp³-hybridized carbons (Fsp3) is 0.263. The molecular formula is C19H20N2O2S2. The molecule has 4 nitrogen and oxygen atoms in total. The number of benzene rings is 2. The number of nitrogens with zero attached hydrogens (tertiary/aromatic N) is 1. The summed E-state index contributed by atoms with van der Waals surface area (Å²) in [5.74, 6) is 1.27. The van der Waals surface area contributed by atoms with Gasteiger partial charge in [0.25, 0.3) is 0 Å². The zero-order valence-corrected chi connectivity index (χ0v) is 15.9. The van der Waals surface area contributed by atoms with Crippen molar-refractivity contribution in [3.05, 3.63) is 53.6 Å². The van der Waals surface area contributed by atoms with Crippen LogP contribution in [0.5, 0.6) is 5.75 Å². The number of aromatic nitrogens is 1. The van der Waals surface area contributed by atoms with E-state index in [1.165, 1.54) is 17.3 Å². The number of fused-ring (bicyclic) bond motifs is 1. The van der Waals surface area contributed by atoms with Gasteiger partial charge >= 0.3 is 0 Å². The number of thioether (sulfide) groups is 1. The van der Waals surface area contributed by atoms with Crippen LogP contribution in [-0.4, -0.2) is 30.3 Å². The van der Waals surface area contributed by atoms with E-state index in [2.05, 4.69) is 23.3 Å². The highest BCUT2D eigenvalue weighted by molar-refractivity contribution is 8.01. The molecular weight excluding hydrogens is 352 g/mol. The van der Waals surface area contributed by atoms with Crippen LogP contribution in [-0.2, 0) is 11.2 Å². The molecule has 1 N–H and O–H groups in total. The molecule has 1 heterocycles. The number of nitrogens with one attached hydrogen (secondary N) is 1. The lowest BCUT2D eigenvalue weighted by Crippen LogP contribution is -2.27. The van der Waals surface area contributed by atoms with Crippen LogP contribution in [0.3, 0.4) is 0 Å². The zero-order valence-electron chi connectivity index (χ0n) is 14.2. The van der Waals surface area contributed by atoms with E-state index in [0.29, 0.717) is 12.3 Å². The Morgan fingerprint density at radius 3 is 2.92 bits per heavy atom. The molecule has 6 heteroatoms. The van der Waals surface area contributed by atoms with Gasteiger partial charge in [0.05, 0.1) is 23.1 Å². The maximum absolute atomic E-state index is 12.1. The summed E-state index contributed by atoms with van der Waals surface area (Å²) < 4.78 is 7.45. The fourth-order valence-corrected chi connectivity index (χ4v) is 4.43. The lowest BCUT2D eigenvalue weighted by atomic mass is 10.1. The lowest BCUT2D eigenvalue weighted by molar-refractivity contribution is -0.118. The normalized spacial score (nSPS) is 10.8. The molecule has 1 amide bonds. The van der Waals surface area contributed by atoms with E-state index < -0.39 is 0 Å². The summed E-state index contributed by atoms with van der Waals surface area (Å²) in [6.07, 6.45) is 0.752. The van der Waals surface area contributed by atoms with Crippen molar-refractivity contribution in [1.82, 2.24) is 10.3 Å². The van der Waals surface area contributed by atoms with E-state index in [9.17, 15) is 4.79 Å². The summed E-state index contributed by atoms with van der Waals surface area (Å²) in [4.78, 5) is 16.6. The van der Waals surface area contributed by atoms with Gasteiger partial charge in [0.1, 0.15) is 5.75 Å². The third kappa shape index (κ3) is 4.74. The summed E-state index contributed by atoms with van der Waals surface area (Å²) in [5.41, 5.74) is 3.29. The molecule has 0 aliphatic heterocycles. The van der Waals surface area contributed by atoms with Gasteiger partial charge in [-0.1, -0.05) is 41.6 Å². The SMILES string of the molecule is COc1ccc(C)cc1CCNC(=O)CSc1nc2ccccc2s1. The highest BCUT2D eigenvalue weighted by Crippen LogP contribution is 2.29. The van der Waals surface area contributed by atoms with Crippen molar-refractivity contribution in [1.29, 1.82) is 0 Å². The Morgan fingerprint density at radius 2 is 2.12 bits per heavy atom. The average Bonchev–Trinajstić information content (AvgIpc) is 3.03. The Balaban J connectivity index is 1.47. The maximum atomic E-state index is 12.1. The summed E-state index contributed by atoms with van der Waals surface area (Å²) >= 11 is 3.10. The summed E-state index contributed by atoms with van der Waals surface area (Å²) in [6.45, 7) is 2.65. The van der Waals surface area contributed by atoms with Crippen molar-refractivity contribution in [2.75, 3.05) is 19.4 Å². The van der Waals surface area contributed by atoms with Crippen molar-refractivity contribution in [3.8, 4) is 5.75 Å². The van der Waals surface area contributed by atoms with E-state index in [1.54, 1.807) is 18.4 Å². The molecule has 0 fully saturated rings. The highest BCUT2D eigenvalue weighted by Gasteiger charge is 2.08. The Kier molecular flexibility index (Phi) is 5.94. The van der Waals surface area contributed by atoms with E-state index in [4.69, 9.17) is 4.74 Å². The van der Waals surface area contributed by atoms with Crippen molar-refractivity contribution in [2.24, 2.45) is 0 Å². The second-order valence-corrected chi connectivity index (χ2v) is 7.90. The molecule has 0 saturated heterocycles. The first-order chi connectivity index (χ1) is 12.2. The molecule has 0 aliphatic rings. The van der Waals surface area contributed by atoms with E-state index in [-0.39, 0.29) is 5.91 Å². The number of hydrogen-bond donors (Lipinski definition) is 1. The predicted molar refractivity (Wildman–Crippen MR) is 105 cm³/mol. The molecule has 0 unspecified atom stereocenters. The molecule has 3 aromatic rings. The number of carbonyl (C=O) groups excluding carboxylic acids is 1. The third-order valence-electron chi connectivity index (χ3n) is 3.75. The molecule has 1 aromatic heterocycles. The topological polar surface area (TPSA) is 51.2 Å². The molecule has 0 atom stereocenters. The summed E-state index contributed by atoms with van der Waals surface area (Å²) in [5, 5.41) is 2.97. The number of aryl methyl sites for hydroxylation is 1. The molecule has 0 spiro atoms. The smallest absolute Gasteiger partial charge is 0.230 e. The van der Waals surface area contributed by atoms with E-state index in [0.717, 1.165) is 32.3 Å². The Labute approximate surface area is 155 Å². The quantitative estimate of drug-likeness (QED) is 0.635. The first-order valence-electron chi connectivity index (χ1n) is 8.04. The fourth-order valence-electron chi connectivity index (χ4n) is 2.53. The lowest BCUT2D eigenvalue weighted by Gasteiger charge is -2.10. The Morgan fingerprint density at radius 1 is 1.28 bits per heavy atom. The molecule has 0 bridgehead atoms. The molecule has 0 radical (unpaired) electrons. The van der Waals surface area contributed by atoms with Crippen LogP contribution in [0.15, 0.2) is 46.8 Å². The van der Waals surface area contributed by atoms with E-state index >= 15 is 0 Å². The number of hydrogen-bond acceptors (Lipinski definition) is 5. The second-order valence-electron chi connectivity index (χ2n) is 5.65. The van der Waals surface area contributed by atoms with Gasteiger partial charge in [-0.25, -0.2) is 4.98 Å². The van der Waals surface area contributed by atoms with Crippen LogP contribution < -0.4 is 10.1 Å². The average molecular weight is 373 g/mol. The van der Waals surface area contributed by atoms with Crippen molar-refractivity contribution in [2.45, 2.75) is 17.7 Å². The minimum Gasteiger partial charge on any atom is -0.496 e. The predicted octanol–water partition coefficient (Wildman–Crippen LogP) is 4.06. The second kappa shape index (κ2) is 8.36. The minimum absolute atomic E-state index is 0.0240. The van der Waals surface area contributed by atoms with Crippen LogP contribution in [0.25, 0.3) is 10.2 Å². The van der Waals surface area contributed by atoms with Gasteiger partial charge in [0.2, 0.25) is 5.91 Å². The van der Waals surface area contributed by atoms with Crippen LogP contribution in [0.2, 0.25) is 0 Å². The molecule has 0 aliphatic carbocycles. The van der Waals surface area contributed by atoms with Gasteiger partial charge in [0.15, 0.2) is 4.34 Å². The standard InChI is InChI=1S/C19H20N2O2S2/c1-13-7-8-16(23-2)14(11-13)9-10-20-18(22)12-24-19-21-15-5-3-4-6-17(15)25-19/h3-8,11H,9-10,12H2,1-2H3,(H,20,22). The first-order valence-corrected chi connectivity index (χ1v) is 9.84. The number of thiazole rings is 1. The van der Waals surface area contributed by atoms with Gasteiger partial charge < -0.3 is 10.1 Å². The molecule has 25 heavy (non-hydrogen) atoms. The number of rotatable bonds is 7. The molecule has 3 rings (SSSR count). The number of carbonyl (C=O) groups is 1. The number of methoxy groups -OCH3 is 1. The van der Waals surface area contributed by atoms with Gasteiger partial charge in [0, 0.05) is 6.54 Å². The van der Waals surface area contributed by atoms with Crippen molar-refractivity contribution in [3.63, 3.8) is 0 Å². The van der Waals surface area contributed by atoms with Gasteiger partial charge in [-0.15, -0.1) is 11.3 Å². The third-order valence-corrected chi connectivity index (χ3v) is 5.93. The van der Waals surface area contributed by atoms with Crippen LogP contribution in [0, 0.1) is 6.92 Å². The number of ether oxygens (including phenoxy) is 1. The molecule has 2 aromatic carbocycles. The largest absolute Gasteiger partial charge is 0.496 e. The van der Waals surface area contributed by atoms with Crippen molar-refractivity contribution < 1.29 is 9.53 Å². The Hall–Kier alpha value is -2.05. The monoisotopic (exact) mass is 372 g/mol. The Bertz CT molecular complexity index is 844. The van der Waals surface area contributed by atoms with Crippen LogP contribution in [0.1, 0.15) is 11.1 Å². The van der Waals surface area contributed by atoms with Gasteiger partial charge in [-0.2, -0.15) is 0 Å². The minimum atomic E-state index is 0.0240. The van der Waals surface area contributed by atoms with E-state index in [1.807, 2.05) is 36.4 Å². The van der Waals surface area contributed by atoms with Crippen LogP contribution in [0.4, 0.5) is 0 Å². The molecule has 130 valence electrons. The van der Waals surface area contributed by atoms with Crippen molar-refractivity contribution >= 4 is 39.2 Å². The highest BCUT2D eigenvalue weighted by atomic mass is 32.2. The maximum Gasteiger partial charge on any atom is 0.230 e. The van der Waals surface area contributed by atoms with Gasteiger partial charge in [-0.3, -0.25) is 4.79 Å². The summed E-state index contributed by atoms with van der Waals surface area (Å²) in [7, 11) is 1.67. The van der Waals surface area contributed by atoms with Crippen LogP contribution >= 0.6 is 23.1 Å².